The molecule has 200 valence electrons. The van der Waals surface area contributed by atoms with Crippen LogP contribution >= 0.6 is 0 Å². The fourth-order valence-corrected chi connectivity index (χ4v) is 8.77. The first kappa shape index (κ1) is 22.9. The van der Waals surface area contributed by atoms with Crippen LogP contribution in [0.3, 0.4) is 0 Å². The summed E-state index contributed by atoms with van der Waals surface area (Å²) in [6.45, 7) is 13.6. The Bertz CT molecular complexity index is 2090. The van der Waals surface area contributed by atoms with E-state index in [0.717, 1.165) is 17.9 Å². The molecule has 0 fully saturated rings. The van der Waals surface area contributed by atoms with Crippen LogP contribution in [0.2, 0.25) is 0 Å². The second kappa shape index (κ2) is 7.04. The molecule has 0 bridgehead atoms. The van der Waals surface area contributed by atoms with E-state index in [4.69, 9.17) is 9.47 Å². The molecule has 9 rings (SSSR count). The molecule has 3 aliphatic rings. The Morgan fingerprint density at radius 1 is 0.775 bits per heavy atom. The summed E-state index contributed by atoms with van der Waals surface area (Å²) >= 11 is 0. The molecule has 3 unspecified atom stereocenters. The predicted molar refractivity (Wildman–Crippen MR) is 163 cm³/mol. The van der Waals surface area contributed by atoms with Gasteiger partial charge in [0.1, 0.15) is 22.7 Å². The Labute approximate surface area is 233 Å². The third-order valence-electron chi connectivity index (χ3n) is 10.1. The largest absolute Gasteiger partial charge is 0.487 e. The molecule has 3 atom stereocenters. The number of fused-ring (bicyclic) bond motifs is 12. The highest BCUT2D eigenvalue weighted by Gasteiger charge is 2.56. The molecule has 6 aromatic rings. The molecule has 40 heavy (non-hydrogen) atoms. The smallest absolute Gasteiger partial charge is 0.130 e. The average Bonchev–Trinajstić information content (AvgIpc) is 3.43. The Balaban J connectivity index is 1.51. The van der Waals surface area contributed by atoms with Crippen molar-refractivity contribution >= 4 is 43.6 Å². The summed E-state index contributed by atoms with van der Waals surface area (Å²) in [5.74, 6) is 2.66. The standard InChI is InChI=1S/C36H34N2O2/c1-18-15-22-20-11-7-9-13-25(20)37-30(22)28-32-29(36(5,6)40-34(18)28)24-17-35(3,4)39-33-19(2)16-23-21-12-8-10-14-26(21)38(32)31(23)27(24)33/h7-16,24,29,32,37H,17H2,1-6H3. The summed E-state index contributed by atoms with van der Waals surface area (Å²) in [6.07, 6.45) is 0.963. The molecule has 4 heteroatoms. The van der Waals surface area contributed by atoms with Crippen molar-refractivity contribution in [3.63, 3.8) is 0 Å². The van der Waals surface area contributed by atoms with E-state index < -0.39 is 0 Å². The monoisotopic (exact) mass is 526 g/mol. The molecule has 0 saturated carbocycles. The van der Waals surface area contributed by atoms with Gasteiger partial charge in [0.25, 0.3) is 0 Å². The lowest BCUT2D eigenvalue weighted by atomic mass is 9.63. The van der Waals surface area contributed by atoms with Gasteiger partial charge in [-0.3, -0.25) is 0 Å². The number of nitrogens with zero attached hydrogens (tertiary/aromatic N) is 1. The zero-order valence-electron chi connectivity index (χ0n) is 24.0. The first-order valence-corrected chi connectivity index (χ1v) is 14.6. The molecule has 0 saturated heterocycles. The first-order chi connectivity index (χ1) is 19.1. The predicted octanol–water partition coefficient (Wildman–Crippen LogP) is 9.08. The number of aryl methyl sites for hydroxylation is 2. The van der Waals surface area contributed by atoms with Crippen molar-refractivity contribution in [2.75, 3.05) is 0 Å². The maximum absolute atomic E-state index is 7.14. The van der Waals surface area contributed by atoms with E-state index in [1.165, 1.54) is 65.9 Å². The molecule has 5 heterocycles. The molecular formula is C36H34N2O2. The van der Waals surface area contributed by atoms with Crippen LogP contribution in [-0.2, 0) is 0 Å². The maximum Gasteiger partial charge on any atom is 0.130 e. The van der Waals surface area contributed by atoms with Crippen molar-refractivity contribution in [2.24, 2.45) is 5.92 Å². The van der Waals surface area contributed by atoms with Crippen molar-refractivity contribution in [3.8, 4) is 11.5 Å². The number of aromatic amines is 1. The lowest BCUT2D eigenvalue weighted by Crippen LogP contribution is -2.53. The zero-order valence-corrected chi connectivity index (χ0v) is 24.0. The molecular weight excluding hydrogens is 492 g/mol. The molecule has 3 aliphatic heterocycles. The molecule has 0 radical (unpaired) electrons. The van der Waals surface area contributed by atoms with Crippen molar-refractivity contribution in [1.82, 2.24) is 9.55 Å². The van der Waals surface area contributed by atoms with Crippen LogP contribution in [0.1, 0.15) is 68.3 Å². The molecule has 2 aromatic heterocycles. The third kappa shape index (κ3) is 2.63. The molecule has 1 N–H and O–H groups in total. The number of hydrogen-bond donors (Lipinski definition) is 1. The number of ether oxygens (including phenoxy) is 2. The highest BCUT2D eigenvalue weighted by Crippen LogP contribution is 2.63. The van der Waals surface area contributed by atoms with Crippen molar-refractivity contribution < 1.29 is 9.47 Å². The summed E-state index contributed by atoms with van der Waals surface area (Å²) in [7, 11) is 0. The van der Waals surface area contributed by atoms with E-state index in [0.29, 0.717) is 5.92 Å². The molecule has 0 amide bonds. The average molecular weight is 527 g/mol. The Morgan fingerprint density at radius 3 is 2.25 bits per heavy atom. The number of hydrogen-bond acceptors (Lipinski definition) is 2. The van der Waals surface area contributed by atoms with Gasteiger partial charge in [0, 0.05) is 55.5 Å². The van der Waals surface area contributed by atoms with Gasteiger partial charge in [-0.05, 0) is 83.4 Å². The lowest BCUT2D eigenvalue weighted by Gasteiger charge is -2.54. The fraction of sp³-hybridized carbons (Fsp3) is 0.333. The molecule has 4 aromatic carbocycles. The number of H-pyrrole nitrogens is 1. The number of aromatic nitrogens is 2. The van der Waals surface area contributed by atoms with E-state index in [2.05, 4.69) is 112 Å². The van der Waals surface area contributed by atoms with Crippen molar-refractivity contribution in [3.05, 3.63) is 82.9 Å². The van der Waals surface area contributed by atoms with Gasteiger partial charge < -0.3 is 19.0 Å². The SMILES string of the molecule is Cc1cc2c([nH]c3ccccc32)c2c1OC(C)(C)C1C3CC(C)(C)Oc4c(C)cc5c6ccccc6n(c5c43)C21. The topological polar surface area (TPSA) is 39.2 Å². The summed E-state index contributed by atoms with van der Waals surface area (Å²) in [4.78, 5) is 3.86. The van der Waals surface area contributed by atoms with Crippen LogP contribution in [0.4, 0.5) is 0 Å². The number of nitrogens with one attached hydrogen (secondary N) is 1. The van der Waals surface area contributed by atoms with Gasteiger partial charge >= 0.3 is 0 Å². The van der Waals surface area contributed by atoms with E-state index in [9.17, 15) is 0 Å². The second-order valence-corrected chi connectivity index (χ2v) is 13.6. The van der Waals surface area contributed by atoms with Crippen LogP contribution < -0.4 is 9.47 Å². The van der Waals surface area contributed by atoms with Gasteiger partial charge in [0.15, 0.2) is 0 Å². The van der Waals surface area contributed by atoms with Gasteiger partial charge in [0.05, 0.1) is 17.1 Å². The van der Waals surface area contributed by atoms with Crippen molar-refractivity contribution in [1.29, 1.82) is 0 Å². The normalized spacial score (nSPS) is 23.7. The quantitative estimate of drug-likeness (QED) is 0.214. The van der Waals surface area contributed by atoms with E-state index >= 15 is 0 Å². The van der Waals surface area contributed by atoms with E-state index in [1.807, 2.05) is 0 Å². The minimum absolute atomic E-state index is 0.124. The Kier molecular flexibility index (Phi) is 4.02. The summed E-state index contributed by atoms with van der Waals surface area (Å²) in [5.41, 5.74) is 9.50. The van der Waals surface area contributed by atoms with Crippen LogP contribution in [0.5, 0.6) is 11.5 Å². The Morgan fingerprint density at radius 2 is 1.45 bits per heavy atom. The third-order valence-corrected chi connectivity index (χ3v) is 10.1. The van der Waals surface area contributed by atoms with Gasteiger partial charge in [-0.1, -0.05) is 36.4 Å². The summed E-state index contributed by atoms with van der Waals surface area (Å²) < 4.78 is 16.6. The van der Waals surface area contributed by atoms with Crippen LogP contribution in [-0.4, -0.2) is 20.8 Å². The van der Waals surface area contributed by atoms with E-state index in [1.54, 1.807) is 0 Å². The summed E-state index contributed by atoms with van der Waals surface area (Å²) in [5, 5.41) is 5.21. The van der Waals surface area contributed by atoms with Crippen molar-refractivity contribution in [2.45, 2.75) is 71.1 Å². The van der Waals surface area contributed by atoms with Crippen LogP contribution in [0, 0.1) is 19.8 Å². The highest BCUT2D eigenvalue weighted by atomic mass is 16.5. The van der Waals surface area contributed by atoms with Crippen LogP contribution in [0.25, 0.3) is 43.6 Å². The minimum atomic E-state index is -0.378. The van der Waals surface area contributed by atoms with Gasteiger partial charge in [-0.25, -0.2) is 0 Å². The number of benzene rings is 4. The fourth-order valence-electron chi connectivity index (χ4n) is 8.77. The second-order valence-electron chi connectivity index (χ2n) is 13.6. The maximum atomic E-state index is 7.14. The van der Waals surface area contributed by atoms with Gasteiger partial charge in [0.2, 0.25) is 0 Å². The first-order valence-electron chi connectivity index (χ1n) is 14.6. The number of para-hydroxylation sites is 2. The van der Waals surface area contributed by atoms with Gasteiger partial charge in [-0.15, -0.1) is 0 Å². The lowest BCUT2D eigenvalue weighted by molar-refractivity contribution is -0.0353. The zero-order chi connectivity index (χ0) is 27.3. The molecule has 4 nitrogen and oxygen atoms in total. The summed E-state index contributed by atoms with van der Waals surface area (Å²) in [6, 6.07) is 22.5. The minimum Gasteiger partial charge on any atom is -0.487 e. The van der Waals surface area contributed by atoms with Gasteiger partial charge in [-0.2, -0.15) is 0 Å². The highest BCUT2D eigenvalue weighted by molar-refractivity contribution is 6.12. The van der Waals surface area contributed by atoms with Crippen LogP contribution in [0.15, 0.2) is 60.7 Å². The molecule has 0 aliphatic carbocycles. The van der Waals surface area contributed by atoms with E-state index in [-0.39, 0.29) is 23.2 Å². The molecule has 0 spiro atoms. The Hall–Kier alpha value is -3.92. The number of rotatable bonds is 0.